The van der Waals surface area contributed by atoms with Gasteiger partial charge in [0.25, 0.3) is 0 Å². The highest BCUT2D eigenvalue weighted by molar-refractivity contribution is 6.17. The Bertz CT molecular complexity index is 722. The number of benzene rings is 2. The van der Waals surface area contributed by atoms with Gasteiger partial charge in [0.2, 0.25) is 0 Å². The normalized spacial score (nSPS) is 10.9. The van der Waals surface area contributed by atoms with Gasteiger partial charge in [0.05, 0.1) is 18.1 Å². The summed E-state index contributed by atoms with van der Waals surface area (Å²) in [5, 5.41) is 0. The SMILES string of the molecule is COc1ccc2nc(CCCl)n(-c3ccccc3)c2c1. The van der Waals surface area contributed by atoms with Gasteiger partial charge in [0, 0.05) is 24.1 Å². The van der Waals surface area contributed by atoms with Gasteiger partial charge in [-0.2, -0.15) is 0 Å². The van der Waals surface area contributed by atoms with Crippen molar-refractivity contribution in [3.63, 3.8) is 0 Å². The summed E-state index contributed by atoms with van der Waals surface area (Å²) in [6.45, 7) is 0. The lowest BCUT2D eigenvalue weighted by atomic mass is 10.2. The number of methoxy groups -OCH3 is 1. The molecule has 4 heteroatoms. The summed E-state index contributed by atoms with van der Waals surface area (Å²) >= 11 is 5.90. The van der Waals surface area contributed by atoms with Crippen LogP contribution in [0.15, 0.2) is 48.5 Å². The minimum Gasteiger partial charge on any atom is -0.497 e. The van der Waals surface area contributed by atoms with Crippen LogP contribution < -0.4 is 4.74 Å². The van der Waals surface area contributed by atoms with Crippen LogP contribution in [0.25, 0.3) is 16.7 Å². The fraction of sp³-hybridized carbons (Fsp3) is 0.188. The number of nitrogens with zero attached hydrogens (tertiary/aromatic N) is 2. The summed E-state index contributed by atoms with van der Waals surface area (Å²) in [6.07, 6.45) is 0.730. The van der Waals surface area contributed by atoms with Crippen LogP contribution >= 0.6 is 11.6 Å². The zero-order chi connectivity index (χ0) is 13.9. The molecule has 3 nitrogen and oxygen atoms in total. The number of aromatic nitrogens is 2. The largest absolute Gasteiger partial charge is 0.497 e. The van der Waals surface area contributed by atoms with Crippen molar-refractivity contribution in [3.8, 4) is 11.4 Å². The van der Waals surface area contributed by atoms with Gasteiger partial charge in [-0.1, -0.05) is 18.2 Å². The molecule has 0 amide bonds. The lowest BCUT2D eigenvalue weighted by Gasteiger charge is -2.09. The topological polar surface area (TPSA) is 27.1 Å². The van der Waals surface area contributed by atoms with Gasteiger partial charge in [-0.3, -0.25) is 4.57 Å². The summed E-state index contributed by atoms with van der Waals surface area (Å²) in [6, 6.07) is 16.1. The van der Waals surface area contributed by atoms with E-state index in [1.54, 1.807) is 7.11 Å². The molecule has 0 radical (unpaired) electrons. The first-order chi connectivity index (χ1) is 9.83. The Morgan fingerprint density at radius 1 is 1.15 bits per heavy atom. The van der Waals surface area contributed by atoms with Crippen molar-refractivity contribution in [2.45, 2.75) is 6.42 Å². The van der Waals surface area contributed by atoms with Crippen LogP contribution in [0.1, 0.15) is 5.82 Å². The minimum atomic E-state index is 0.549. The Morgan fingerprint density at radius 2 is 1.95 bits per heavy atom. The van der Waals surface area contributed by atoms with Crippen LogP contribution in [0.4, 0.5) is 0 Å². The van der Waals surface area contributed by atoms with Gasteiger partial charge in [-0.05, 0) is 24.3 Å². The number of aryl methyl sites for hydroxylation is 1. The third-order valence-corrected chi connectivity index (χ3v) is 3.45. The Labute approximate surface area is 122 Å². The van der Waals surface area contributed by atoms with Crippen LogP contribution in [0.3, 0.4) is 0 Å². The van der Waals surface area contributed by atoms with E-state index in [1.165, 1.54) is 0 Å². The van der Waals surface area contributed by atoms with Gasteiger partial charge in [-0.15, -0.1) is 11.6 Å². The maximum Gasteiger partial charge on any atom is 0.121 e. The first-order valence-electron chi connectivity index (χ1n) is 6.50. The molecule has 0 atom stereocenters. The standard InChI is InChI=1S/C16H15ClN2O/c1-20-13-7-8-14-15(11-13)19(16(18-14)9-10-17)12-5-3-2-4-6-12/h2-8,11H,9-10H2,1H3. The Balaban J connectivity index is 2.27. The maximum atomic E-state index is 5.90. The average Bonchev–Trinajstić information content (AvgIpc) is 2.85. The summed E-state index contributed by atoms with van der Waals surface area (Å²) in [5.41, 5.74) is 3.08. The van der Waals surface area contributed by atoms with E-state index >= 15 is 0 Å². The number of rotatable bonds is 4. The molecular weight excluding hydrogens is 272 g/mol. The van der Waals surface area contributed by atoms with E-state index in [2.05, 4.69) is 21.7 Å². The molecule has 0 aliphatic heterocycles. The number of imidazole rings is 1. The fourth-order valence-electron chi connectivity index (χ4n) is 2.35. The van der Waals surface area contributed by atoms with Crippen molar-refractivity contribution in [1.82, 2.24) is 9.55 Å². The van der Waals surface area contributed by atoms with Gasteiger partial charge >= 0.3 is 0 Å². The molecule has 3 rings (SSSR count). The third-order valence-electron chi connectivity index (χ3n) is 3.26. The molecule has 20 heavy (non-hydrogen) atoms. The number of ether oxygens (including phenoxy) is 1. The van der Waals surface area contributed by atoms with Crippen LogP contribution in [0.2, 0.25) is 0 Å². The second kappa shape index (κ2) is 5.55. The number of hydrogen-bond acceptors (Lipinski definition) is 2. The van der Waals surface area contributed by atoms with E-state index in [9.17, 15) is 0 Å². The summed E-state index contributed by atoms with van der Waals surface area (Å²) in [5.74, 6) is 2.34. The van der Waals surface area contributed by atoms with Crippen LogP contribution in [-0.2, 0) is 6.42 Å². The van der Waals surface area contributed by atoms with E-state index in [4.69, 9.17) is 16.3 Å². The molecule has 0 spiro atoms. The summed E-state index contributed by atoms with van der Waals surface area (Å²) in [4.78, 5) is 4.68. The number of halogens is 1. The molecular formula is C16H15ClN2O. The van der Waals surface area contributed by atoms with Gasteiger partial charge in [0.1, 0.15) is 11.6 Å². The average molecular weight is 287 g/mol. The highest BCUT2D eigenvalue weighted by Crippen LogP contribution is 2.25. The molecule has 1 heterocycles. The zero-order valence-electron chi connectivity index (χ0n) is 11.2. The predicted molar refractivity (Wildman–Crippen MR) is 82.0 cm³/mol. The highest BCUT2D eigenvalue weighted by atomic mass is 35.5. The van der Waals surface area contributed by atoms with E-state index < -0.39 is 0 Å². The van der Waals surface area contributed by atoms with Crippen LogP contribution in [0, 0.1) is 0 Å². The molecule has 0 N–H and O–H groups in total. The van der Waals surface area contributed by atoms with Crippen molar-refractivity contribution >= 4 is 22.6 Å². The second-order valence-corrected chi connectivity index (χ2v) is 4.87. The lowest BCUT2D eigenvalue weighted by molar-refractivity contribution is 0.415. The van der Waals surface area contributed by atoms with Crippen LogP contribution in [0.5, 0.6) is 5.75 Å². The van der Waals surface area contributed by atoms with Crippen molar-refractivity contribution in [2.24, 2.45) is 0 Å². The van der Waals surface area contributed by atoms with Crippen molar-refractivity contribution in [1.29, 1.82) is 0 Å². The van der Waals surface area contributed by atoms with Gasteiger partial charge in [-0.25, -0.2) is 4.98 Å². The molecule has 0 bridgehead atoms. The molecule has 3 aromatic rings. The molecule has 2 aromatic carbocycles. The molecule has 0 saturated carbocycles. The third kappa shape index (κ3) is 2.25. The number of fused-ring (bicyclic) bond motifs is 1. The number of para-hydroxylation sites is 1. The molecule has 0 aliphatic carbocycles. The molecule has 0 fully saturated rings. The van der Waals surface area contributed by atoms with Gasteiger partial charge in [0.15, 0.2) is 0 Å². The Morgan fingerprint density at radius 3 is 2.65 bits per heavy atom. The van der Waals surface area contributed by atoms with Crippen molar-refractivity contribution in [3.05, 3.63) is 54.4 Å². The van der Waals surface area contributed by atoms with E-state index in [-0.39, 0.29) is 0 Å². The zero-order valence-corrected chi connectivity index (χ0v) is 12.0. The highest BCUT2D eigenvalue weighted by Gasteiger charge is 2.12. The number of alkyl halides is 1. The van der Waals surface area contributed by atoms with E-state index in [0.29, 0.717) is 5.88 Å². The second-order valence-electron chi connectivity index (χ2n) is 4.49. The number of hydrogen-bond donors (Lipinski definition) is 0. The molecule has 0 unspecified atom stereocenters. The van der Waals surface area contributed by atoms with Crippen molar-refractivity contribution < 1.29 is 4.74 Å². The molecule has 0 aliphatic rings. The Hall–Kier alpha value is -2.00. The first kappa shape index (κ1) is 13.0. The molecule has 1 aromatic heterocycles. The molecule has 102 valence electrons. The predicted octanol–water partition coefficient (Wildman–Crippen LogP) is 3.82. The smallest absolute Gasteiger partial charge is 0.121 e. The summed E-state index contributed by atoms with van der Waals surface area (Å²) < 4.78 is 7.45. The van der Waals surface area contributed by atoms with Gasteiger partial charge < -0.3 is 4.74 Å². The van der Waals surface area contributed by atoms with E-state index in [0.717, 1.165) is 34.7 Å². The van der Waals surface area contributed by atoms with E-state index in [1.807, 2.05) is 36.4 Å². The maximum absolute atomic E-state index is 5.90. The monoisotopic (exact) mass is 286 g/mol. The quantitative estimate of drug-likeness (QED) is 0.682. The van der Waals surface area contributed by atoms with Crippen LogP contribution in [-0.4, -0.2) is 22.5 Å². The fourth-order valence-corrected chi connectivity index (χ4v) is 2.52. The Kier molecular flexibility index (Phi) is 3.61. The van der Waals surface area contributed by atoms with Crippen molar-refractivity contribution in [2.75, 3.05) is 13.0 Å². The lowest BCUT2D eigenvalue weighted by Crippen LogP contribution is -2.02. The molecule has 0 saturated heterocycles. The minimum absolute atomic E-state index is 0.549. The first-order valence-corrected chi connectivity index (χ1v) is 7.03. The summed E-state index contributed by atoms with van der Waals surface area (Å²) in [7, 11) is 1.67.